The Morgan fingerprint density at radius 2 is 1.20 bits per heavy atom. The first-order valence-electron chi connectivity index (χ1n) is 15.0. The average molecular weight is 615 g/mol. The highest BCUT2D eigenvalue weighted by Crippen LogP contribution is 2.27. The molecule has 0 radical (unpaired) electrons. The van der Waals surface area contributed by atoms with Gasteiger partial charge in [0.05, 0.1) is 24.4 Å². The van der Waals surface area contributed by atoms with E-state index in [1.807, 2.05) is 0 Å². The van der Waals surface area contributed by atoms with Crippen LogP contribution in [0.5, 0.6) is 0 Å². The molecular weight excluding hydrogens is 572 g/mol. The predicted molar refractivity (Wildman–Crippen MR) is 162 cm³/mol. The molecule has 13 heteroatoms. The Morgan fingerprint density at radius 3 is 1.57 bits per heavy atom. The number of aliphatic hydroxyl groups is 3. The van der Waals surface area contributed by atoms with Crippen molar-refractivity contribution in [3.63, 3.8) is 0 Å². The molecule has 2 fully saturated rings. The van der Waals surface area contributed by atoms with E-state index in [4.69, 9.17) is 14.6 Å². The van der Waals surface area contributed by atoms with Crippen molar-refractivity contribution in [2.45, 2.75) is 115 Å². The second kappa shape index (κ2) is 16.9. The molecule has 0 bridgehead atoms. The molecule has 2 unspecified atom stereocenters. The van der Waals surface area contributed by atoms with E-state index in [1.54, 1.807) is 13.8 Å². The largest absolute Gasteiger partial charge is 0.396 e. The van der Waals surface area contributed by atoms with Crippen molar-refractivity contribution < 1.29 is 24.8 Å². The third kappa shape index (κ3) is 9.64. The summed E-state index contributed by atoms with van der Waals surface area (Å²) in [5, 5.41) is 28.1. The predicted octanol–water partition coefficient (Wildman–Crippen LogP) is 0.856. The Morgan fingerprint density at radius 1 is 0.773 bits per heavy atom. The lowest BCUT2D eigenvalue weighted by molar-refractivity contribution is -0.0102. The lowest BCUT2D eigenvalue weighted by Crippen LogP contribution is -2.33. The van der Waals surface area contributed by atoms with Crippen LogP contribution >= 0.6 is 0 Å². The van der Waals surface area contributed by atoms with Crippen molar-refractivity contribution in [2.24, 2.45) is 0 Å². The third-order valence-corrected chi connectivity index (χ3v) is 7.33. The van der Waals surface area contributed by atoms with E-state index in [2.05, 4.69) is 40.6 Å². The van der Waals surface area contributed by atoms with Crippen molar-refractivity contribution in [3.05, 3.63) is 65.2 Å². The van der Waals surface area contributed by atoms with Crippen LogP contribution in [0.4, 0.5) is 0 Å². The number of aromatic amines is 2. The molecule has 0 amide bonds. The van der Waals surface area contributed by atoms with Gasteiger partial charge in [-0.3, -0.25) is 28.7 Å². The molecule has 44 heavy (non-hydrogen) atoms. The third-order valence-electron chi connectivity index (χ3n) is 7.33. The highest BCUT2D eigenvalue weighted by molar-refractivity contribution is 5.30. The van der Waals surface area contributed by atoms with Gasteiger partial charge in [-0.05, 0) is 33.1 Å². The maximum Gasteiger partial charge on any atom is 0.330 e. The smallest absolute Gasteiger partial charge is 0.330 e. The van der Waals surface area contributed by atoms with Crippen molar-refractivity contribution >= 4 is 0 Å². The summed E-state index contributed by atoms with van der Waals surface area (Å²) in [5.74, 6) is 11.3. The lowest BCUT2D eigenvalue weighted by atomic mass is 10.2. The molecule has 2 aromatic heterocycles. The van der Waals surface area contributed by atoms with Crippen LogP contribution in [0.15, 0.2) is 31.6 Å². The molecule has 4 heterocycles. The van der Waals surface area contributed by atoms with Crippen LogP contribution in [0, 0.1) is 23.7 Å². The molecule has 2 aliphatic rings. The van der Waals surface area contributed by atoms with Crippen LogP contribution in [0.2, 0.25) is 0 Å². The second-order valence-corrected chi connectivity index (χ2v) is 10.9. The van der Waals surface area contributed by atoms with E-state index >= 15 is 0 Å². The molecule has 13 nitrogen and oxygen atoms in total. The van der Waals surface area contributed by atoms with Gasteiger partial charge in [0, 0.05) is 44.7 Å². The minimum Gasteiger partial charge on any atom is -0.396 e. The zero-order valence-corrected chi connectivity index (χ0v) is 25.4. The Bertz CT molecular complexity index is 1460. The molecular formula is C31H42N4O9. The van der Waals surface area contributed by atoms with E-state index in [1.165, 1.54) is 21.5 Å². The summed E-state index contributed by atoms with van der Waals surface area (Å²) in [7, 11) is 0. The highest BCUT2D eigenvalue weighted by atomic mass is 16.5. The summed E-state index contributed by atoms with van der Waals surface area (Å²) in [4.78, 5) is 51.8. The number of aromatic nitrogens is 4. The van der Waals surface area contributed by atoms with Gasteiger partial charge in [-0.15, -0.1) is 0 Å². The summed E-state index contributed by atoms with van der Waals surface area (Å²) >= 11 is 0. The van der Waals surface area contributed by atoms with Gasteiger partial charge in [0.1, 0.15) is 23.6 Å². The lowest BCUT2D eigenvalue weighted by Gasteiger charge is -2.13. The quantitative estimate of drug-likeness (QED) is 0.212. The van der Waals surface area contributed by atoms with E-state index in [-0.39, 0.29) is 36.4 Å². The SMILES string of the molecule is CCCCCC#Cc1cn([C@H]2CC(O)[C@@H](C)O2)c(=O)[nH]c1=O.C[C@H]1O[C@@H](n2cc(C#CCCCCO)c(=O)[nH]c2=O)CC1O. The summed E-state index contributed by atoms with van der Waals surface area (Å²) in [6.45, 7) is 5.71. The fourth-order valence-electron chi connectivity index (χ4n) is 4.62. The van der Waals surface area contributed by atoms with Gasteiger partial charge in [-0.25, -0.2) is 9.59 Å². The standard InChI is InChI=1S/C16H22N2O4.C15H20N2O5/c1-3-4-5-6-7-8-12-10-18(16(21)17-15(12)20)14-9-13(19)11(2)22-14;1-10-12(19)8-13(22-10)17-9-11(14(20)16-15(17)21)6-4-2-3-5-7-18/h10-11,13-14,19H,3-6,9H2,1-2H3,(H,17,20,21);9-10,12-13,18-19H,2-3,5,7-8H2,1H3,(H,16,20,21)/t11-,13?,14-;10-,12?,13-/m11/s1. The number of rotatable bonds is 8. The zero-order valence-electron chi connectivity index (χ0n) is 25.4. The van der Waals surface area contributed by atoms with Gasteiger partial charge < -0.3 is 24.8 Å². The number of H-pyrrole nitrogens is 2. The van der Waals surface area contributed by atoms with Crippen LogP contribution < -0.4 is 22.5 Å². The maximum atomic E-state index is 11.9. The fraction of sp³-hybridized carbons (Fsp3) is 0.613. The summed E-state index contributed by atoms with van der Waals surface area (Å²) in [5.41, 5.74) is -1.73. The van der Waals surface area contributed by atoms with E-state index in [0.717, 1.165) is 32.1 Å². The molecule has 4 rings (SSSR count). The Labute approximate surface area is 254 Å². The van der Waals surface area contributed by atoms with Crippen molar-refractivity contribution in [1.29, 1.82) is 0 Å². The molecule has 2 aliphatic heterocycles. The second-order valence-electron chi connectivity index (χ2n) is 10.9. The number of nitrogens with one attached hydrogen (secondary N) is 2. The molecule has 6 atom stereocenters. The molecule has 0 saturated carbocycles. The Balaban J connectivity index is 0.000000240. The number of hydrogen-bond donors (Lipinski definition) is 5. The van der Waals surface area contributed by atoms with E-state index in [0.29, 0.717) is 19.3 Å². The zero-order chi connectivity index (χ0) is 32.2. The average Bonchev–Trinajstić information content (AvgIpc) is 3.49. The van der Waals surface area contributed by atoms with Crippen LogP contribution in [0.1, 0.15) is 102 Å². The van der Waals surface area contributed by atoms with Crippen LogP contribution in [-0.2, 0) is 9.47 Å². The Kier molecular flexibility index (Phi) is 13.4. The van der Waals surface area contributed by atoms with E-state index in [9.17, 15) is 29.4 Å². The molecule has 0 spiro atoms. The van der Waals surface area contributed by atoms with Crippen LogP contribution in [0.3, 0.4) is 0 Å². The normalized spacial score (nSPS) is 24.0. The first kappa shape index (κ1) is 34.8. The number of ether oxygens (including phenoxy) is 2. The Hall–Kier alpha value is -3.72. The van der Waals surface area contributed by atoms with Gasteiger partial charge in [-0.2, -0.15) is 0 Å². The van der Waals surface area contributed by atoms with Crippen LogP contribution in [-0.4, -0.2) is 65.4 Å². The fourth-order valence-corrected chi connectivity index (χ4v) is 4.62. The molecule has 2 saturated heterocycles. The maximum absolute atomic E-state index is 11.9. The number of aliphatic hydroxyl groups excluding tert-OH is 3. The van der Waals surface area contributed by atoms with Gasteiger partial charge in [0.15, 0.2) is 0 Å². The van der Waals surface area contributed by atoms with Gasteiger partial charge >= 0.3 is 11.4 Å². The van der Waals surface area contributed by atoms with Crippen LogP contribution in [0.25, 0.3) is 0 Å². The minimum atomic E-state index is -0.642. The summed E-state index contributed by atoms with van der Waals surface area (Å²) in [6.07, 6.45) is 6.17. The first-order valence-corrected chi connectivity index (χ1v) is 15.0. The molecule has 0 aromatic carbocycles. The van der Waals surface area contributed by atoms with Gasteiger partial charge in [0.2, 0.25) is 0 Å². The first-order chi connectivity index (χ1) is 21.0. The van der Waals surface area contributed by atoms with Crippen molar-refractivity contribution in [3.8, 4) is 23.7 Å². The highest BCUT2D eigenvalue weighted by Gasteiger charge is 2.33. The summed E-state index contributed by atoms with van der Waals surface area (Å²) in [6, 6.07) is 0. The number of unbranched alkanes of at least 4 members (excludes halogenated alkanes) is 5. The van der Waals surface area contributed by atoms with Gasteiger partial charge in [-0.1, -0.05) is 43.4 Å². The van der Waals surface area contributed by atoms with Crippen molar-refractivity contribution in [1.82, 2.24) is 19.1 Å². The topological polar surface area (TPSA) is 189 Å². The minimum absolute atomic E-state index is 0.118. The molecule has 0 aliphatic carbocycles. The summed E-state index contributed by atoms with van der Waals surface area (Å²) < 4.78 is 13.6. The molecule has 2 aromatic rings. The number of nitrogens with zero attached hydrogens (tertiary/aromatic N) is 2. The monoisotopic (exact) mass is 614 g/mol. The molecule has 240 valence electrons. The number of hydrogen-bond acceptors (Lipinski definition) is 9. The van der Waals surface area contributed by atoms with Crippen molar-refractivity contribution in [2.75, 3.05) is 6.61 Å². The molecule has 5 N–H and O–H groups in total. The van der Waals surface area contributed by atoms with Gasteiger partial charge in [0.25, 0.3) is 11.1 Å². The van der Waals surface area contributed by atoms with E-state index < -0.39 is 47.2 Å².